The van der Waals surface area contributed by atoms with E-state index >= 15 is 0 Å². The van der Waals surface area contributed by atoms with Crippen LogP contribution < -0.4 is 10.1 Å². The number of benzene rings is 1. The SMILES string of the molecule is COCc1c(CNC(C)C)oc2c(OC)cccc12. The summed E-state index contributed by atoms with van der Waals surface area (Å²) in [4.78, 5) is 0. The highest BCUT2D eigenvalue weighted by molar-refractivity contribution is 5.87. The van der Waals surface area contributed by atoms with E-state index in [-0.39, 0.29) is 0 Å². The highest BCUT2D eigenvalue weighted by Crippen LogP contribution is 2.33. The summed E-state index contributed by atoms with van der Waals surface area (Å²) < 4.78 is 16.6. The molecule has 0 aliphatic rings. The number of ether oxygens (including phenoxy) is 2. The van der Waals surface area contributed by atoms with E-state index < -0.39 is 0 Å². The van der Waals surface area contributed by atoms with Crippen molar-refractivity contribution >= 4 is 11.0 Å². The van der Waals surface area contributed by atoms with Crippen LogP contribution in [-0.4, -0.2) is 20.3 Å². The molecule has 0 atom stereocenters. The molecule has 0 saturated heterocycles. The monoisotopic (exact) mass is 263 g/mol. The first-order valence-corrected chi connectivity index (χ1v) is 6.47. The minimum atomic E-state index is 0.408. The lowest BCUT2D eigenvalue weighted by Gasteiger charge is -2.07. The van der Waals surface area contributed by atoms with Crippen LogP contribution >= 0.6 is 0 Å². The standard InChI is InChI=1S/C15H21NO3/c1-10(2)16-8-14-12(9-17-3)11-6-5-7-13(18-4)15(11)19-14/h5-7,10,16H,8-9H2,1-4H3. The van der Waals surface area contributed by atoms with Crippen LogP contribution in [0.15, 0.2) is 22.6 Å². The molecule has 0 fully saturated rings. The lowest BCUT2D eigenvalue weighted by atomic mass is 10.1. The second-order valence-electron chi connectivity index (χ2n) is 4.81. The third-order valence-corrected chi connectivity index (χ3v) is 3.05. The van der Waals surface area contributed by atoms with Crippen molar-refractivity contribution < 1.29 is 13.9 Å². The molecule has 0 bridgehead atoms. The Bertz CT molecular complexity index is 546. The third kappa shape index (κ3) is 2.91. The Balaban J connectivity index is 2.46. The molecule has 2 aromatic rings. The molecule has 1 heterocycles. The van der Waals surface area contributed by atoms with E-state index in [0.717, 1.165) is 28.0 Å². The van der Waals surface area contributed by atoms with E-state index in [1.807, 2.05) is 18.2 Å². The number of fused-ring (bicyclic) bond motifs is 1. The Labute approximate surface area is 113 Å². The predicted molar refractivity (Wildman–Crippen MR) is 75.5 cm³/mol. The maximum Gasteiger partial charge on any atom is 0.176 e. The molecule has 4 heteroatoms. The molecule has 0 spiro atoms. The van der Waals surface area contributed by atoms with Gasteiger partial charge in [0.05, 0.1) is 20.3 Å². The van der Waals surface area contributed by atoms with E-state index in [9.17, 15) is 0 Å². The average Bonchev–Trinajstić information content (AvgIpc) is 2.75. The molecule has 0 unspecified atom stereocenters. The van der Waals surface area contributed by atoms with Crippen molar-refractivity contribution in [2.45, 2.75) is 33.0 Å². The van der Waals surface area contributed by atoms with Crippen LogP contribution in [0, 0.1) is 0 Å². The van der Waals surface area contributed by atoms with Crippen LogP contribution in [0.25, 0.3) is 11.0 Å². The van der Waals surface area contributed by atoms with Gasteiger partial charge in [0.15, 0.2) is 11.3 Å². The Morgan fingerprint density at radius 3 is 2.68 bits per heavy atom. The minimum Gasteiger partial charge on any atom is -0.493 e. The molecule has 19 heavy (non-hydrogen) atoms. The van der Waals surface area contributed by atoms with Gasteiger partial charge in [0.25, 0.3) is 0 Å². The molecular formula is C15H21NO3. The number of nitrogens with one attached hydrogen (secondary N) is 1. The molecule has 1 N–H and O–H groups in total. The van der Waals surface area contributed by atoms with Crippen molar-refractivity contribution in [2.75, 3.05) is 14.2 Å². The minimum absolute atomic E-state index is 0.408. The molecule has 1 aromatic heterocycles. The first-order chi connectivity index (χ1) is 9.17. The number of furan rings is 1. The van der Waals surface area contributed by atoms with E-state index in [4.69, 9.17) is 13.9 Å². The zero-order valence-electron chi connectivity index (χ0n) is 11.9. The molecule has 0 radical (unpaired) electrons. The van der Waals surface area contributed by atoms with Crippen molar-refractivity contribution in [1.29, 1.82) is 0 Å². The van der Waals surface area contributed by atoms with Gasteiger partial charge in [-0.2, -0.15) is 0 Å². The molecule has 2 rings (SSSR count). The molecule has 0 amide bonds. The van der Waals surface area contributed by atoms with E-state index in [1.54, 1.807) is 14.2 Å². The van der Waals surface area contributed by atoms with Gasteiger partial charge in [0.1, 0.15) is 5.76 Å². The zero-order chi connectivity index (χ0) is 13.8. The average molecular weight is 263 g/mol. The van der Waals surface area contributed by atoms with Gasteiger partial charge in [-0.05, 0) is 6.07 Å². The van der Waals surface area contributed by atoms with Crippen LogP contribution in [0.5, 0.6) is 5.75 Å². The Morgan fingerprint density at radius 2 is 2.05 bits per heavy atom. The maximum absolute atomic E-state index is 5.96. The van der Waals surface area contributed by atoms with Crippen LogP contribution in [0.2, 0.25) is 0 Å². The predicted octanol–water partition coefficient (Wildman–Crippen LogP) is 3.09. The first kappa shape index (κ1) is 13.9. The molecule has 0 saturated carbocycles. The van der Waals surface area contributed by atoms with Crippen LogP contribution in [0.3, 0.4) is 0 Å². The smallest absolute Gasteiger partial charge is 0.176 e. The Morgan fingerprint density at radius 1 is 1.26 bits per heavy atom. The van der Waals surface area contributed by atoms with E-state index in [2.05, 4.69) is 19.2 Å². The summed E-state index contributed by atoms with van der Waals surface area (Å²) in [6.45, 7) is 5.45. The van der Waals surface area contributed by atoms with Gasteiger partial charge in [-0.3, -0.25) is 0 Å². The number of para-hydroxylation sites is 1. The molecule has 1 aromatic carbocycles. The highest BCUT2D eigenvalue weighted by Gasteiger charge is 2.16. The zero-order valence-corrected chi connectivity index (χ0v) is 11.9. The normalized spacial score (nSPS) is 11.4. The fourth-order valence-corrected chi connectivity index (χ4v) is 2.10. The molecule has 104 valence electrons. The van der Waals surface area contributed by atoms with Crippen LogP contribution in [-0.2, 0) is 17.9 Å². The molecular weight excluding hydrogens is 242 g/mol. The summed E-state index contributed by atoms with van der Waals surface area (Å²) in [7, 11) is 3.35. The quantitative estimate of drug-likeness (QED) is 0.869. The maximum atomic E-state index is 5.96. The number of hydrogen-bond donors (Lipinski definition) is 1. The summed E-state index contributed by atoms with van der Waals surface area (Å²) >= 11 is 0. The van der Waals surface area contributed by atoms with E-state index in [1.165, 1.54) is 0 Å². The Hall–Kier alpha value is -1.52. The topological polar surface area (TPSA) is 43.6 Å². The molecule has 0 aliphatic carbocycles. The largest absolute Gasteiger partial charge is 0.493 e. The fraction of sp³-hybridized carbons (Fsp3) is 0.467. The molecule has 0 aliphatic heterocycles. The van der Waals surface area contributed by atoms with Crippen molar-refractivity contribution in [3.63, 3.8) is 0 Å². The second-order valence-corrected chi connectivity index (χ2v) is 4.81. The summed E-state index contributed by atoms with van der Waals surface area (Å²) in [5.41, 5.74) is 1.88. The summed E-state index contributed by atoms with van der Waals surface area (Å²) in [5, 5.41) is 4.43. The first-order valence-electron chi connectivity index (χ1n) is 6.47. The van der Waals surface area contributed by atoms with Gasteiger partial charge in [-0.1, -0.05) is 26.0 Å². The van der Waals surface area contributed by atoms with E-state index in [0.29, 0.717) is 19.2 Å². The third-order valence-electron chi connectivity index (χ3n) is 3.05. The number of methoxy groups -OCH3 is 2. The van der Waals surface area contributed by atoms with Crippen molar-refractivity contribution in [1.82, 2.24) is 5.32 Å². The Kier molecular flexibility index (Phi) is 4.45. The van der Waals surface area contributed by atoms with Crippen LogP contribution in [0.1, 0.15) is 25.2 Å². The fourth-order valence-electron chi connectivity index (χ4n) is 2.10. The van der Waals surface area contributed by atoms with Crippen LogP contribution in [0.4, 0.5) is 0 Å². The van der Waals surface area contributed by atoms with Gasteiger partial charge in [0.2, 0.25) is 0 Å². The summed E-state index contributed by atoms with van der Waals surface area (Å²) in [6, 6.07) is 6.32. The summed E-state index contributed by atoms with van der Waals surface area (Å²) in [5.74, 6) is 1.67. The number of hydrogen-bond acceptors (Lipinski definition) is 4. The second kappa shape index (κ2) is 6.08. The van der Waals surface area contributed by atoms with Gasteiger partial charge >= 0.3 is 0 Å². The van der Waals surface area contributed by atoms with Crippen molar-refractivity contribution in [3.8, 4) is 5.75 Å². The van der Waals surface area contributed by atoms with Gasteiger partial charge < -0.3 is 19.2 Å². The summed E-state index contributed by atoms with van der Waals surface area (Å²) in [6.07, 6.45) is 0. The lowest BCUT2D eigenvalue weighted by molar-refractivity contribution is 0.183. The van der Waals surface area contributed by atoms with Gasteiger partial charge in [-0.15, -0.1) is 0 Å². The highest BCUT2D eigenvalue weighted by atomic mass is 16.5. The van der Waals surface area contributed by atoms with Gasteiger partial charge in [-0.25, -0.2) is 0 Å². The lowest BCUT2D eigenvalue weighted by Crippen LogP contribution is -2.22. The van der Waals surface area contributed by atoms with Crippen molar-refractivity contribution in [3.05, 3.63) is 29.5 Å². The van der Waals surface area contributed by atoms with Crippen molar-refractivity contribution in [2.24, 2.45) is 0 Å². The molecule has 4 nitrogen and oxygen atoms in total. The number of rotatable bonds is 6. The van der Waals surface area contributed by atoms with Gasteiger partial charge in [0, 0.05) is 24.1 Å².